The summed E-state index contributed by atoms with van der Waals surface area (Å²) >= 11 is 4.91. The van der Waals surface area contributed by atoms with E-state index in [9.17, 15) is 9.59 Å². The zero-order valence-corrected chi connectivity index (χ0v) is 28.1. The van der Waals surface area contributed by atoms with Gasteiger partial charge in [0.25, 0.3) is 5.56 Å². The molecule has 46 heavy (non-hydrogen) atoms. The van der Waals surface area contributed by atoms with Crippen molar-refractivity contribution in [2.24, 2.45) is 4.99 Å². The van der Waals surface area contributed by atoms with Crippen molar-refractivity contribution in [2.75, 3.05) is 20.8 Å². The summed E-state index contributed by atoms with van der Waals surface area (Å²) in [6.45, 7) is 4.04. The molecule has 0 aliphatic carbocycles. The summed E-state index contributed by atoms with van der Waals surface area (Å²) in [5.41, 5.74) is 2.88. The summed E-state index contributed by atoms with van der Waals surface area (Å²) in [5, 5.41) is 1.96. The number of hydrogen-bond acceptors (Lipinski definition) is 8. The molecule has 2 heterocycles. The molecule has 0 radical (unpaired) electrons. The van der Waals surface area contributed by atoms with Crippen LogP contribution in [0.15, 0.2) is 104 Å². The van der Waals surface area contributed by atoms with E-state index in [1.54, 1.807) is 37.7 Å². The Bertz CT molecular complexity index is 2170. The summed E-state index contributed by atoms with van der Waals surface area (Å²) in [5.74, 6) is 1.06. The van der Waals surface area contributed by atoms with Crippen molar-refractivity contribution >= 4 is 50.1 Å². The van der Waals surface area contributed by atoms with Gasteiger partial charge in [-0.05, 0) is 60.0 Å². The zero-order valence-electron chi connectivity index (χ0n) is 25.7. The summed E-state index contributed by atoms with van der Waals surface area (Å²) in [6.07, 6.45) is 1.86. The SMILES string of the molecule is CCOC(=O)C1=C(C)N=c2s/c(=C\c3c(OCc4ccccc4)ccc4ccccc34)c(=O)n2[C@@H]1c1cc(OC)c(OC)cc1Br. The lowest BCUT2D eigenvalue weighted by Gasteiger charge is -2.26. The Morgan fingerprint density at radius 1 is 0.978 bits per heavy atom. The molecule has 0 N–H and O–H groups in total. The maximum atomic E-state index is 14.4. The van der Waals surface area contributed by atoms with Gasteiger partial charge in [-0.25, -0.2) is 9.79 Å². The summed E-state index contributed by atoms with van der Waals surface area (Å²) in [7, 11) is 3.09. The number of ether oxygens (including phenoxy) is 4. The van der Waals surface area contributed by atoms with Crippen LogP contribution in [-0.2, 0) is 16.1 Å². The van der Waals surface area contributed by atoms with Gasteiger partial charge >= 0.3 is 5.97 Å². The van der Waals surface area contributed by atoms with Gasteiger partial charge in [0.2, 0.25) is 0 Å². The summed E-state index contributed by atoms with van der Waals surface area (Å²) in [6, 6.07) is 24.5. The van der Waals surface area contributed by atoms with E-state index in [4.69, 9.17) is 23.9 Å². The number of rotatable bonds is 9. The highest BCUT2D eigenvalue weighted by atomic mass is 79.9. The predicted octanol–water partition coefficient (Wildman–Crippen LogP) is 6.31. The van der Waals surface area contributed by atoms with E-state index in [1.807, 2.05) is 72.8 Å². The van der Waals surface area contributed by atoms with Gasteiger partial charge in [-0.15, -0.1) is 0 Å². The fraction of sp³-hybridized carbons (Fsp3) is 0.194. The van der Waals surface area contributed by atoms with Crippen LogP contribution in [0.4, 0.5) is 0 Å². The second kappa shape index (κ2) is 13.4. The lowest BCUT2D eigenvalue weighted by atomic mass is 9.95. The van der Waals surface area contributed by atoms with Gasteiger partial charge in [0.1, 0.15) is 12.4 Å². The number of methoxy groups -OCH3 is 2. The molecule has 0 unspecified atom stereocenters. The average molecular weight is 700 g/mol. The Balaban J connectivity index is 1.57. The first-order valence-electron chi connectivity index (χ1n) is 14.6. The van der Waals surface area contributed by atoms with Gasteiger partial charge in [-0.2, -0.15) is 0 Å². The van der Waals surface area contributed by atoms with Gasteiger partial charge in [0, 0.05) is 10.0 Å². The number of carbonyl (C=O) groups is 1. The molecule has 10 heteroatoms. The summed E-state index contributed by atoms with van der Waals surface area (Å²) in [4.78, 5) is 33.1. The Morgan fingerprint density at radius 3 is 2.43 bits per heavy atom. The van der Waals surface area contributed by atoms with E-state index in [2.05, 4.69) is 15.9 Å². The van der Waals surface area contributed by atoms with Crippen LogP contribution in [0.3, 0.4) is 0 Å². The minimum Gasteiger partial charge on any atom is -0.493 e. The molecule has 0 amide bonds. The van der Waals surface area contributed by atoms with E-state index in [1.165, 1.54) is 18.4 Å². The average Bonchev–Trinajstić information content (AvgIpc) is 3.37. The fourth-order valence-corrected chi connectivity index (χ4v) is 7.15. The molecule has 6 rings (SSSR count). The number of carbonyl (C=O) groups excluding carboxylic acids is 1. The number of hydrogen-bond donors (Lipinski definition) is 0. The Kier molecular flexibility index (Phi) is 9.10. The van der Waals surface area contributed by atoms with Crippen molar-refractivity contribution in [1.29, 1.82) is 0 Å². The number of fused-ring (bicyclic) bond motifs is 2. The van der Waals surface area contributed by atoms with Gasteiger partial charge in [-0.1, -0.05) is 87.9 Å². The minimum atomic E-state index is -0.840. The van der Waals surface area contributed by atoms with Crippen LogP contribution in [0.2, 0.25) is 0 Å². The molecule has 0 saturated carbocycles. The first kappa shape index (κ1) is 31.3. The second-order valence-corrected chi connectivity index (χ2v) is 12.4. The third kappa shape index (κ3) is 5.86. The highest BCUT2D eigenvalue weighted by Gasteiger charge is 2.35. The Hall–Kier alpha value is -4.67. The van der Waals surface area contributed by atoms with E-state index in [-0.39, 0.29) is 17.7 Å². The number of nitrogens with zero attached hydrogens (tertiary/aromatic N) is 2. The highest BCUT2D eigenvalue weighted by molar-refractivity contribution is 9.10. The molecule has 0 bridgehead atoms. The van der Waals surface area contributed by atoms with Gasteiger partial charge in [0.15, 0.2) is 16.3 Å². The summed E-state index contributed by atoms with van der Waals surface area (Å²) < 4.78 is 25.5. The molecule has 1 aromatic heterocycles. The number of allylic oxidation sites excluding steroid dienone is 1. The monoisotopic (exact) mass is 698 g/mol. The quantitative estimate of drug-likeness (QED) is 0.168. The molecule has 1 aliphatic rings. The molecule has 0 saturated heterocycles. The molecule has 234 valence electrons. The van der Waals surface area contributed by atoms with Crippen molar-refractivity contribution in [3.05, 3.63) is 131 Å². The Labute approximate surface area is 278 Å². The number of thiazole rings is 1. The van der Waals surface area contributed by atoms with Gasteiger partial charge in [-0.3, -0.25) is 9.36 Å². The standard InChI is InChI=1S/C36H31BrN2O6S/c1-5-44-35(41)32-21(2)38-36-39(33(32)26-17-29(42-3)30(43-4)19-27(26)37)34(40)31(46-36)18-25-24-14-10-9-13-23(24)15-16-28(25)45-20-22-11-7-6-8-12-22/h6-19,33H,5,20H2,1-4H3/b31-18-/t33-/m1/s1. The topological polar surface area (TPSA) is 88.4 Å². The number of benzene rings is 4. The van der Waals surface area contributed by atoms with Crippen LogP contribution in [-0.4, -0.2) is 31.4 Å². The van der Waals surface area contributed by atoms with Crippen LogP contribution in [0.25, 0.3) is 16.8 Å². The first-order valence-corrected chi connectivity index (χ1v) is 16.2. The van der Waals surface area contributed by atoms with E-state index < -0.39 is 12.0 Å². The molecule has 4 aromatic carbocycles. The van der Waals surface area contributed by atoms with Crippen molar-refractivity contribution in [2.45, 2.75) is 26.5 Å². The number of halogens is 1. The molecular formula is C36H31BrN2O6S. The normalized spacial score (nSPS) is 14.5. The highest BCUT2D eigenvalue weighted by Crippen LogP contribution is 2.41. The third-order valence-corrected chi connectivity index (χ3v) is 9.43. The Morgan fingerprint density at radius 2 is 1.70 bits per heavy atom. The molecular weight excluding hydrogens is 668 g/mol. The van der Waals surface area contributed by atoms with Gasteiger partial charge < -0.3 is 18.9 Å². The van der Waals surface area contributed by atoms with Crippen LogP contribution in [0, 0.1) is 0 Å². The second-order valence-electron chi connectivity index (χ2n) is 10.5. The first-order chi connectivity index (χ1) is 22.3. The van der Waals surface area contributed by atoms with E-state index in [0.717, 1.165) is 21.9 Å². The van der Waals surface area contributed by atoms with Crippen LogP contribution < -0.4 is 29.1 Å². The molecule has 1 aliphatic heterocycles. The van der Waals surface area contributed by atoms with Crippen LogP contribution in [0.5, 0.6) is 17.2 Å². The smallest absolute Gasteiger partial charge is 0.338 e. The van der Waals surface area contributed by atoms with Crippen molar-refractivity contribution in [3.8, 4) is 17.2 Å². The minimum absolute atomic E-state index is 0.173. The zero-order chi connectivity index (χ0) is 32.4. The molecule has 1 atom stereocenters. The predicted molar refractivity (Wildman–Crippen MR) is 182 cm³/mol. The van der Waals surface area contributed by atoms with Crippen LogP contribution >= 0.6 is 27.3 Å². The van der Waals surface area contributed by atoms with Crippen molar-refractivity contribution in [1.82, 2.24) is 4.57 Å². The largest absolute Gasteiger partial charge is 0.493 e. The lowest BCUT2D eigenvalue weighted by molar-refractivity contribution is -0.139. The molecule has 0 spiro atoms. The molecule has 8 nitrogen and oxygen atoms in total. The lowest BCUT2D eigenvalue weighted by Crippen LogP contribution is -2.40. The van der Waals surface area contributed by atoms with E-state index >= 15 is 0 Å². The number of esters is 1. The number of aromatic nitrogens is 1. The van der Waals surface area contributed by atoms with E-state index in [0.29, 0.717) is 48.9 Å². The molecule has 5 aromatic rings. The van der Waals surface area contributed by atoms with Crippen molar-refractivity contribution in [3.63, 3.8) is 0 Å². The maximum Gasteiger partial charge on any atom is 0.338 e. The van der Waals surface area contributed by atoms with Crippen LogP contribution in [0.1, 0.15) is 36.6 Å². The van der Waals surface area contributed by atoms with Gasteiger partial charge in [0.05, 0.1) is 42.7 Å². The fourth-order valence-electron chi connectivity index (χ4n) is 5.58. The maximum absolute atomic E-state index is 14.4. The molecule has 0 fully saturated rings. The third-order valence-electron chi connectivity index (χ3n) is 7.76. The van der Waals surface area contributed by atoms with Crippen molar-refractivity contribution < 1.29 is 23.7 Å².